The average molecular weight is 454 g/mol. The first kappa shape index (κ1) is 24.1. The van der Waals surface area contributed by atoms with Gasteiger partial charge in [0, 0.05) is 0 Å². The summed E-state index contributed by atoms with van der Waals surface area (Å²) >= 11 is 12.2. The first-order valence-electron chi connectivity index (χ1n) is 9.83. The van der Waals surface area contributed by atoms with Crippen LogP contribution in [0.5, 0.6) is 0 Å². The molecule has 1 heterocycles. The molecule has 1 aromatic rings. The van der Waals surface area contributed by atoms with Gasteiger partial charge in [0.2, 0.25) is 11.0 Å². The van der Waals surface area contributed by atoms with Crippen molar-refractivity contribution in [2.45, 2.75) is 64.4 Å². The van der Waals surface area contributed by atoms with E-state index in [1.165, 1.54) is 7.11 Å². The van der Waals surface area contributed by atoms with Crippen molar-refractivity contribution in [1.29, 1.82) is 0 Å². The van der Waals surface area contributed by atoms with Crippen molar-refractivity contribution >= 4 is 48.7 Å². The van der Waals surface area contributed by atoms with Gasteiger partial charge in [-0.25, -0.2) is 0 Å². The quantitative estimate of drug-likeness (QED) is 0.136. The molecule has 0 aliphatic carbocycles. The third kappa shape index (κ3) is 4.76. The van der Waals surface area contributed by atoms with Crippen LogP contribution in [0.1, 0.15) is 40.2 Å². The molecule has 160 valence electrons. The molecule has 0 unspecified atom stereocenters. The lowest BCUT2D eigenvalue weighted by Gasteiger charge is -2.49. The number of thiocarbonyl (C=S) groups is 1. The molecule has 7 heteroatoms. The molecular weight excluding hydrogens is 422 g/mol. The predicted octanol–water partition coefficient (Wildman–Crippen LogP) is 5.83. The number of hydrogen-bond acceptors (Lipinski definition) is 4. The number of benzene rings is 1. The predicted molar refractivity (Wildman–Crippen MR) is 126 cm³/mol. The number of carbonyl (C=O) groups excluding carboxylic acids is 1. The van der Waals surface area contributed by atoms with Gasteiger partial charge in [0.05, 0.1) is 19.1 Å². The number of carbonyl (C=O) groups is 1. The van der Waals surface area contributed by atoms with Crippen LogP contribution in [0.25, 0.3) is 5.57 Å². The van der Waals surface area contributed by atoms with Crippen molar-refractivity contribution in [3.8, 4) is 0 Å². The van der Waals surface area contributed by atoms with E-state index in [9.17, 15) is 4.79 Å². The van der Waals surface area contributed by atoms with Crippen LogP contribution >= 0.6 is 23.8 Å². The molecule has 1 amide bonds. The van der Waals surface area contributed by atoms with Crippen LogP contribution in [0.2, 0.25) is 18.1 Å². The number of ether oxygens (including phenoxy) is 1. The van der Waals surface area contributed by atoms with Gasteiger partial charge in [-0.3, -0.25) is 9.69 Å². The Morgan fingerprint density at radius 2 is 1.79 bits per heavy atom. The minimum atomic E-state index is -2.02. The van der Waals surface area contributed by atoms with Gasteiger partial charge in [-0.2, -0.15) is 0 Å². The van der Waals surface area contributed by atoms with Gasteiger partial charge in [-0.05, 0) is 55.3 Å². The van der Waals surface area contributed by atoms with Crippen molar-refractivity contribution in [2.75, 3.05) is 7.11 Å². The largest absolute Gasteiger partial charge is 0.485 e. The number of likely N-dealkylation sites (tertiary alicyclic amines) is 1. The van der Waals surface area contributed by atoms with E-state index >= 15 is 0 Å². The lowest BCUT2D eigenvalue weighted by molar-refractivity contribution is -0.152. The number of rotatable bonds is 6. The fourth-order valence-electron chi connectivity index (χ4n) is 3.20. The number of alkyl halides is 1. The normalized spacial score (nSPS) is 22.0. The average Bonchev–Trinajstić information content (AvgIpc) is 2.64. The molecule has 1 fully saturated rings. The van der Waals surface area contributed by atoms with Crippen LogP contribution in [0.15, 0.2) is 36.0 Å². The molecule has 1 aromatic carbocycles. The number of nitrogens with zero attached hydrogens (tertiary/aromatic N) is 1. The Kier molecular flexibility index (Phi) is 7.37. The van der Waals surface area contributed by atoms with E-state index < -0.39 is 19.7 Å². The van der Waals surface area contributed by atoms with E-state index in [0.717, 1.165) is 11.1 Å². The first-order valence-corrected chi connectivity index (χ1v) is 13.6. The standard InChI is InChI=1S/C22H32ClNO3SSi/c1-14(16-12-10-9-11-13-16)18(21(28)26-6)24-19(23)17(20(24)25)15(2)27-29(7,8)22(3,4)5/h9-13,15,17,19H,1-8H3/b18-14+/t15-,17-,19+/m1/s1. The summed E-state index contributed by atoms with van der Waals surface area (Å²) in [7, 11) is -0.508. The zero-order valence-electron chi connectivity index (χ0n) is 18.6. The van der Waals surface area contributed by atoms with E-state index in [1.807, 2.05) is 44.2 Å². The van der Waals surface area contributed by atoms with E-state index in [1.54, 1.807) is 4.90 Å². The molecule has 0 bridgehead atoms. The van der Waals surface area contributed by atoms with Crippen LogP contribution in [-0.2, 0) is 14.0 Å². The molecule has 1 aliphatic heterocycles. The summed E-state index contributed by atoms with van der Waals surface area (Å²) in [6.45, 7) is 14.8. The molecule has 0 N–H and O–H groups in total. The lowest BCUT2D eigenvalue weighted by Crippen LogP contribution is -2.63. The molecule has 0 aromatic heterocycles. The Bertz CT molecular complexity index is 804. The van der Waals surface area contributed by atoms with Crippen LogP contribution in [0.4, 0.5) is 0 Å². The highest BCUT2D eigenvalue weighted by molar-refractivity contribution is 7.80. The smallest absolute Gasteiger partial charge is 0.237 e. The number of β-lactam (4-membered cyclic amide) rings is 1. The second-order valence-corrected chi connectivity index (χ2v) is 14.6. The summed E-state index contributed by atoms with van der Waals surface area (Å²) in [6, 6.07) is 9.78. The summed E-state index contributed by atoms with van der Waals surface area (Å²) in [4.78, 5) is 14.7. The summed E-state index contributed by atoms with van der Waals surface area (Å²) in [5.74, 6) is -0.495. The van der Waals surface area contributed by atoms with Crippen molar-refractivity contribution in [3.63, 3.8) is 0 Å². The van der Waals surface area contributed by atoms with Crippen LogP contribution in [0, 0.1) is 5.92 Å². The van der Waals surface area contributed by atoms with Crippen molar-refractivity contribution in [2.24, 2.45) is 5.92 Å². The maximum atomic E-state index is 13.2. The molecule has 1 saturated heterocycles. The Balaban J connectivity index is 2.32. The maximum Gasteiger partial charge on any atom is 0.237 e. The Labute approximate surface area is 186 Å². The zero-order chi connectivity index (χ0) is 22.1. The van der Waals surface area contributed by atoms with Gasteiger partial charge in [0.25, 0.3) is 0 Å². The molecule has 29 heavy (non-hydrogen) atoms. The molecule has 3 atom stereocenters. The second kappa shape index (κ2) is 8.88. The van der Waals surface area contributed by atoms with Crippen LogP contribution in [0.3, 0.4) is 0 Å². The first-order chi connectivity index (χ1) is 13.3. The second-order valence-electron chi connectivity index (χ2n) is 9.02. The number of hydrogen-bond donors (Lipinski definition) is 0. The fourth-order valence-corrected chi connectivity index (χ4v) is 5.39. The van der Waals surface area contributed by atoms with Gasteiger partial charge in [0.1, 0.15) is 11.2 Å². The third-order valence-corrected chi connectivity index (χ3v) is 11.4. The van der Waals surface area contributed by atoms with Gasteiger partial charge in [0.15, 0.2) is 8.32 Å². The molecule has 0 saturated carbocycles. The Morgan fingerprint density at radius 3 is 2.24 bits per heavy atom. The highest BCUT2D eigenvalue weighted by atomic mass is 35.5. The molecule has 0 radical (unpaired) electrons. The number of amides is 1. The lowest BCUT2D eigenvalue weighted by atomic mass is 9.91. The highest BCUT2D eigenvalue weighted by Gasteiger charge is 2.54. The SMILES string of the molecule is COC(=S)/C(=C(/C)c1ccccc1)N1C(=O)[C@H]([C@@H](C)O[Si](C)(C)C(C)(C)C)[C@H]1Cl. The number of halogens is 1. The van der Waals surface area contributed by atoms with E-state index in [0.29, 0.717) is 5.70 Å². The van der Waals surface area contributed by atoms with Gasteiger partial charge < -0.3 is 9.16 Å². The van der Waals surface area contributed by atoms with Gasteiger partial charge >= 0.3 is 0 Å². The number of methoxy groups -OCH3 is 1. The minimum Gasteiger partial charge on any atom is -0.485 e. The minimum absolute atomic E-state index is 0.0577. The summed E-state index contributed by atoms with van der Waals surface area (Å²) in [5.41, 5.74) is 1.83. The molecule has 4 nitrogen and oxygen atoms in total. The maximum absolute atomic E-state index is 13.2. The Morgan fingerprint density at radius 1 is 1.24 bits per heavy atom. The van der Waals surface area contributed by atoms with Gasteiger partial charge in [-0.1, -0.05) is 62.7 Å². The summed E-state index contributed by atoms with van der Waals surface area (Å²) < 4.78 is 11.8. The topological polar surface area (TPSA) is 38.8 Å². The van der Waals surface area contributed by atoms with Crippen molar-refractivity contribution in [3.05, 3.63) is 41.6 Å². The summed E-state index contributed by atoms with van der Waals surface area (Å²) in [6.07, 6.45) is -0.267. The zero-order valence-corrected chi connectivity index (χ0v) is 21.1. The monoisotopic (exact) mass is 453 g/mol. The van der Waals surface area contributed by atoms with Crippen molar-refractivity contribution < 1.29 is 14.0 Å². The molecular formula is C22H32ClNO3SSi. The van der Waals surface area contributed by atoms with Crippen LogP contribution in [-0.4, -0.2) is 42.9 Å². The number of allylic oxidation sites excluding steroid dienone is 1. The van der Waals surface area contributed by atoms with E-state index in [2.05, 4.69) is 33.9 Å². The van der Waals surface area contributed by atoms with Crippen molar-refractivity contribution in [1.82, 2.24) is 4.90 Å². The Hall–Kier alpha value is -1.21. The third-order valence-electron chi connectivity index (χ3n) is 6.04. The van der Waals surface area contributed by atoms with Gasteiger partial charge in [-0.15, -0.1) is 0 Å². The molecule has 1 aliphatic rings. The summed E-state index contributed by atoms with van der Waals surface area (Å²) in [5, 5.41) is 0.309. The molecule has 0 spiro atoms. The molecule has 2 rings (SSSR count). The van der Waals surface area contributed by atoms with E-state index in [-0.39, 0.29) is 22.1 Å². The highest BCUT2D eigenvalue weighted by Crippen LogP contribution is 2.43. The fraction of sp³-hybridized carbons (Fsp3) is 0.545. The van der Waals surface area contributed by atoms with Crippen LogP contribution < -0.4 is 0 Å². The van der Waals surface area contributed by atoms with E-state index in [4.69, 9.17) is 33.0 Å².